The third-order valence-electron chi connectivity index (χ3n) is 4.13. The van der Waals surface area contributed by atoms with Gasteiger partial charge in [-0.2, -0.15) is 0 Å². The first-order chi connectivity index (χ1) is 12.5. The Morgan fingerprint density at radius 1 is 1.00 bits per heavy atom. The van der Waals surface area contributed by atoms with Crippen LogP contribution in [0.1, 0.15) is 34.3 Å². The molecule has 0 aliphatic heterocycles. The molecule has 0 bridgehead atoms. The first-order valence-electron chi connectivity index (χ1n) is 8.59. The van der Waals surface area contributed by atoms with Crippen LogP contribution in [-0.4, -0.2) is 29.3 Å². The van der Waals surface area contributed by atoms with E-state index in [2.05, 4.69) is 5.32 Å². The quantitative estimate of drug-likeness (QED) is 0.679. The summed E-state index contributed by atoms with van der Waals surface area (Å²) >= 11 is 0. The zero-order chi connectivity index (χ0) is 18.9. The Hall–Kier alpha value is -2.95. The SMILES string of the molecule is Cc1cccc(CC(CNC(=O)CCC(=O)c2ccccc2)C(=O)O)c1. The highest BCUT2D eigenvalue weighted by atomic mass is 16.4. The summed E-state index contributed by atoms with van der Waals surface area (Å²) in [7, 11) is 0. The van der Waals surface area contributed by atoms with E-state index in [0.717, 1.165) is 11.1 Å². The molecule has 0 saturated heterocycles. The number of aryl methyl sites for hydroxylation is 1. The zero-order valence-corrected chi connectivity index (χ0v) is 14.8. The molecule has 0 radical (unpaired) electrons. The monoisotopic (exact) mass is 353 g/mol. The second-order valence-corrected chi connectivity index (χ2v) is 6.32. The molecular formula is C21H23NO4. The molecule has 0 heterocycles. The van der Waals surface area contributed by atoms with Gasteiger partial charge < -0.3 is 10.4 Å². The Kier molecular flexibility index (Phi) is 7.09. The molecule has 2 aromatic rings. The van der Waals surface area contributed by atoms with Crippen LogP contribution in [0.5, 0.6) is 0 Å². The van der Waals surface area contributed by atoms with Crippen LogP contribution < -0.4 is 5.32 Å². The van der Waals surface area contributed by atoms with Gasteiger partial charge in [0.05, 0.1) is 5.92 Å². The molecule has 1 unspecified atom stereocenters. The number of benzene rings is 2. The lowest BCUT2D eigenvalue weighted by molar-refractivity contribution is -0.141. The maximum atomic E-state index is 12.0. The van der Waals surface area contributed by atoms with E-state index in [-0.39, 0.29) is 31.1 Å². The van der Waals surface area contributed by atoms with Gasteiger partial charge in [-0.3, -0.25) is 14.4 Å². The fraction of sp³-hybridized carbons (Fsp3) is 0.286. The number of aliphatic carboxylic acids is 1. The van der Waals surface area contributed by atoms with Crippen LogP contribution in [0.15, 0.2) is 54.6 Å². The Balaban J connectivity index is 1.81. The average Bonchev–Trinajstić information content (AvgIpc) is 2.63. The third-order valence-corrected chi connectivity index (χ3v) is 4.13. The highest BCUT2D eigenvalue weighted by molar-refractivity contribution is 5.97. The predicted molar refractivity (Wildman–Crippen MR) is 99.0 cm³/mol. The van der Waals surface area contributed by atoms with Crippen molar-refractivity contribution in [2.75, 3.05) is 6.54 Å². The zero-order valence-electron chi connectivity index (χ0n) is 14.8. The van der Waals surface area contributed by atoms with Crippen molar-refractivity contribution in [3.63, 3.8) is 0 Å². The van der Waals surface area contributed by atoms with E-state index in [9.17, 15) is 19.5 Å². The van der Waals surface area contributed by atoms with Gasteiger partial charge in [0.25, 0.3) is 0 Å². The summed E-state index contributed by atoms with van der Waals surface area (Å²) in [6, 6.07) is 16.4. The highest BCUT2D eigenvalue weighted by Crippen LogP contribution is 2.11. The van der Waals surface area contributed by atoms with E-state index in [4.69, 9.17) is 0 Å². The second-order valence-electron chi connectivity index (χ2n) is 6.32. The number of Topliss-reactive ketones (excluding diaryl/α,β-unsaturated/α-hetero) is 1. The molecule has 2 N–H and O–H groups in total. The summed E-state index contributed by atoms with van der Waals surface area (Å²) in [5.74, 6) is -2.07. The Morgan fingerprint density at radius 2 is 1.73 bits per heavy atom. The number of carbonyl (C=O) groups excluding carboxylic acids is 2. The summed E-state index contributed by atoms with van der Waals surface area (Å²) in [5, 5.41) is 12.0. The van der Waals surface area contributed by atoms with E-state index < -0.39 is 11.9 Å². The van der Waals surface area contributed by atoms with E-state index in [1.54, 1.807) is 24.3 Å². The maximum absolute atomic E-state index is 12.0. The number of carboxylic acid groups (broad SMARTS) is 1. The molecule has 1 amide bonds. The van der Waals surface area contributed by atoms with E-state index in [1.165, 1.54) is 0 Å². The normalized spacial score (nSPS) is 11.6. The fourth-order valence-electron chi connectivity index (χ4n) is 2.69. The number of amides is 1. The number of carbonyl (C=O) groups is 3. The number of nitrogens with one attached hydrogen (secondary N) is 1. The first kappa shape index (κ1) is 19.4. The molecule has 0 aliphatic rings. The molecule has 1 atom stereocenters. The Labute approximate surface area is 153 Å². The van der Waals surface area contributed by atoms with Gasteiger partial charge in [-0.25, -0.2) is 0 Å². The van der Waals surface area contributed by atoms with Crippen LogP contribution in [0, 0.1) is 12.8 Å². The minimum Gasteiger partial charge on any atom is -0.481 e. The van der Waals surface area contributed by atoms with Gasteiger partial charge in [0.15, 0.2) is 5.78 Å². The standard InChI is InChI=1S/C21H23NO4/c1-15-6-5-7-16(12-15)13-18(21(25)26)14-22-20(24)11-10-19(23)17-8-3-2-4-9-17/h2-9,12,18H,10-11,13-14H2,1H3,(H,22,24)(H,25,26). The van der Waals surface area contributed by atoms with Gasteiger partial charge in [0.1, 0.15) is 0 Å². The molecule has 0 fully saturated rings. The van der Waals surface area contributed by atoms with Crippen molar-refractivity contribution in [2.45, 2.75) is 26.2 Å². The molecule has 0 spiro atoms. The molecule has 136 valence electrons. The minimum absolute atomic E-state index is 0.0433. The van der Waals surface area contributed by atoms with Crippen molar-refractivity contribution < 1.29 is 19.5 Å². The van der Waals surface area contributed by atoms with Crippen LogP contribution >= 0.6 is 0 Å². The van der Waals surface area contributed by atoms with Crippen LogP contribution in [0.3, 0.4) is 0 Å². The Bertz CT molecular complexity index is 771. The largest absolute Gasteiger partial charge is 0.481 e. The van der Waals surface area contributed by atoms with Crippen LogP contribution in [0.25, 0.3) is 0 Å². The van der Waals surface area contributed by atoms with Gasteiger partial charge in [0, 0.05) is 24.9 Å². The van der Waals surface area contributed by atoms with Gasteiger partial charge in [-0.15, -0.1) is 0 Å². The first-order valence-corrected chi connectivity index (χ1v) is 8.59. The summed E-state index contributed by atoms with van der Waals surface area (Å²) in [6.45, 7) is 1.99. The van der Waals surface area contributed by atoms with E-state index in [0.29, 0.717) is 12.0 Å². The summed E-state index contributed by atoms with van der Waals surface area (Å²) in [5.41, 5.74) is 2.56. The molecule has 5 nitrogen and oxygen atoms in total. The van der Waals surface area contributed by atoms with Crippen LogP contribution in [0.2, 0.25) is 0 Å². The highest BCUT2D eigenvalue weighted by Gasteiger charge is 2.19. The molecule has 2 aromatic carbocycles. The van der Waals surface area contributed by atoms with E-state index >= 15 is 0 Å². The molecular weight excluding hydrogens is 330 g/mol. The van der Waals surface area contributed by atoms with Gasteiger partial charge in [-0.05, 0) is 18.9 Å². The van der Waals surface area contributed by atoms with Gasteiger partial charge in [0.2, 0.25) is 5.91 Å². The second kappa shape index (κ2) is 9.51. The number of carboxylic acids is 1. The summed E-state index contributed by atoms with van der Waals surface area (Å²) < 4.78 is 0. The molecule has 0 saturated carbocycles. The van der Waals surface area contributed by atoms with E-state index in [1.807, 2.05) is 37.3 Å². The van der Waals surface area contributed by atoms with Crippen LogP contribution in [-0.2, 0) is 16.0 Å². The average molecular weight is 353 g/mol. The minimum atomic E-state index is -0.952. The van der Waals surface area contributed by atoms with Crippen molar-refractivity contribution in [1.29, 1.82) is 0 Å². The summed E-state index contributed by atoms with van der Waals surface area (Å²) in [4.78, 5) is 35.4. The lowest BCUT2D eigenvalue weighted by Gasteiger charge is -2.14. The smallest absolute Gasteiger partial charge is 0.308 e. The van der Waals surface area contributed by atoms with Crippen molar-refractivity contribution in [2.24, 2.45) is 5.92 Å². The molecule has 5 heteroatoms. The summed E-state index contributed by atoms with van der Waals surface area (Å²) in [6.07, 6.45) is 0.496. The topological polar surface area (TPSA) is 83.5 Å². The van der Waals surface area contributed by atoms with Crippen molar-refractivity contribution in [1.82, 2.24) is 5.32 Å². The van der Waals surface area contributed by atoms with Crippen molar-refractivity contribution in [3.05, 3.63) is 71.3 Å². The lowest BCUT2D eigenvalue weighted by Crippen LogP contribution is -2.34. The molecule has 2 rings (SSSR count). The number of hydrogen-bond acceptors (Lipinski definition) is 3. The predicted octanol–water partition coefficient (Wildman–Crippen LogP) is 3.02. The molecule has 0 aromatic heterocycles. The molecule has 26 heavy (non-hydrogen) atoms. The van der Waals surface area contributed by atoms with Crippen molar-refractivity contribution in [3.8, 4) is 0 Å². The lowest BCUT2D eigenvalue weighted by atomic mass is 9.98. The fourth-order valence-corrected chi connectivity index (χ4v) is 2.69. The molecule has 0 aliphatic carbocycles. The van der Waals surface area contributed by atoms with Crippen molar-refractivity contribution >= 4 is 17.7 Å². The van der Waals surface area contributed by atoms with Gasteiger partial charge in [-0.1, -0.05) is 60.2 Å². The maximum Gasteiger partial charge on any atom is 0.308 e. The van der Waals surface area contributed by atoms with Crippen LogP contribution in [0.4, 0.5) is 0 Å². The Morgan fingerprint density at radius 3 is 2.38 bits per heavy atom. The number of rotatable bonds is 9. The number of hydrogen-bond donors (Lipinski definition) is 2. The van der Waals surface area contributed by atoms with Gasteiger partial charge >= 0.3 is 5.97 Å². The third kappa shape index (κ3) is 6.16. The number of ketones is 1.